The highest BCUT2D eigenvalue weighted by atomic mass is 35.5. The summed E-state index contributed by atoms with van der Waals surface area (Å²) in [5.41, 5.74) is 0.988. The monoisotopic (exact) mass is 351 g/mol. The van der Waals surface area contributed by atoms with Gasteiger partial charge in [-0.2, -0.15) is 0 Å². The molecule has 0 bridgehead atoms. The molecule has 24 heavy (non-hydrogen) atoms. The van der Waals surface area contributed by atoms with Crippen molar-refractivity contribution >= 4 is 23.3 Å². The summed E-state index contributed by atoms with van der Waals surface area (Å²) in [5.74, 6) is 0.812. The number of amides is 2. The number of nitrogens with one attached hydrogen (secondary N) is 2. The van der Waals surface area contributed by atoms with Gasteiger partial charge in [0.1, 0.15) is 5.75 Å². The predicted octanol–water partition coefficient (Wildman–Crippen LogP) is 3.56. The topological polar surface area (TPSA) is 53.6 Å². The van der Waals surface area contributed by atoms with Crippen molar-refractivity contribution in [1.29, 1.82) is 0 Å². The molecule has 2 aliphatic rings. The van der Waals surface area contributed by atoms with Gasteiger partial charge in [-0.25, -0.2) is 4.79 Å². The molecule has 0 radical (unpaired) electrons. The van der Waals surface area contributed by atoms with Crippen molar-refractivity contribution in [2.24, 2.45) is 0 Å². The van der Waals surface area contributed by atoms with Crippen LogP contribution in [0.15, 0.2) is 18.2 Å². The van der Waals surface area contributed by atoms with Crippen LogP contribution in [-0.4, -0.2) is 38.3 Å². The van der Waals surface area contributed by atoms with Crippen molar-refractivity contribution in [1.82, 2.24) is 10.6 Å². The van der Waals surface area contributed by atoms with Gasteiger partial charge < -0.3 is 20.3 Å². The molecular formula is C18H26ClN3O2. The van der Waals surface area contributed by atoms with Crippen molar-refractivity contribution < 1.29 is 9.53 Å². The molecule has 0 spiro atoms. The summed E-state index contributed by atoms with van der Waals surface area (Å²) in [6.07, 6.45) is 6.86. The third-order valence-electron chi connectivity index (χ3n) is 4.95. The van der Waals surface area contributed by atoms with E-state index in [1.54, 1.807) is 7.11 Å². The Balaban J connectivity index is 1.53. The van der Waals surface area contributed by atoms with Gasteiger partial charge in [-0.15, -0.1) is 0 Å². The van der Waals surface area contributed by atoms with Gasteiger partial charge in [0.15, 0.2) is 0 Å². The van der Waals surface area contributed by atoms with Crippen molar-refractivity contribution in [3.63, 3.8) is 0 Å². The Morgan fingerprint density at radius 3 is 2.67 bits per heavy atom. The standard InChI is InChI=1S/C18H26ClN3O2/c1-24-17-8-7-13(19)11-16(17)22-10-9-15(12-22)21-18(23)20-14-5-3-2-4-6-14/h7-8,11,14-15H,2-6,9-10,12H2,1H3,(H2,20,21,23). The van der Waals surface area contributed by atoms with Crippen molar-refractivity contribution in [2.75, 3.05) is 25.1 Å². The van der Waals surface area contributed by atoms with Gasteiger partial charge in [-0.1, -0.05) is 30.9 Å². The predicted molar refractivity (Wildman–Crippen MR) is 97.2 cm³/mol. The molecule has 1 unspecified atom stereocenters. The molecule has 2 amide bonds. The number of urea groups is 1. The van der Waals surface area contributed by atoms with Gasteiger partial charge >= 0.3 is 6.03 Å². The zero-order valence-corrected chi connectivity index (χ0v) is 14.9. The number of nitrogens with zero attached hydrogens (tertiary/aromatic N) is 1. The number of benzene rings is 1. The summed E-state index contributed by atoms with van der Waals surface area (Å²) in [6.45, 7) is 1.65. The van der Waals surface area contributed by atoms with Crippen molar-refractivity contribution in [3.8, 4) is 5.75 Å². The van der Waals surface area contributed by atoms with E-state index in [4.69, 9.17) is 16.3 Å². The van der Waals surface area contributed by atoms with Crippen LogP contribution in [0.3, 0.4) is 0 Å². The molecule has 6 heteroatoms. The van der Waals surface area contributed by atoms with Crippen molar-refractivity contribution in [2.45, 2.75) is 50.6 Å². The van der Waals surface area contributed by atoms with Crippen LogP contribution >= 0.6 is 11.6 Å². The Labute approximate surface area is 148 Å². The minimum Gasteiger partial charge on any atom is -0.495 e. The van der Waals surface area contributed by atoms with Gasteiger partial charge in [0, 0.05) is 30.2 Å². The number of anilines is 1. The molecule has 1 heterocycles. The van der Waals surface area contributed by atoms with E-state index in [0.717, 1.165) is 43.8 Å². The maximum atomic E-state index is 12.2. The van der Waals surface area contributed by atoms with Crippen LogP contribution in [0.5, 0.6) is 5.75 Å². The first kappa shape index (κ1) is 17.2. The van der Waals surface area contributed by atoms with Crippen LogP contribution < -0.4 is 20.3 Å². The van der Waals surface area contributed by atoms with Gasteiger partial charge in [-0.3, -0.25) is 0 Å². The fourth-order valence-electron chi connectivity index (χ4n) is 3.67. The molecule has 1 aromatic carbocycles. The molecule has 5 nitrogen and oxygen atoms in total. The first-order chi connectivity index (χ1) is 11.7. The lowest BCUT2D eigenvalue weighted by Gasteiger charge is -2.24. The molecule has 1 saturated carbocycles. The molecule has 3 rings (SSSR count). The van der Waals surface area contributed by atoms with E-state index in [-0.39, 0.29) is 12.1 Å². The Morgan fingerprint density at radius 2 is 1.92 bits per heavy atom. The highest BCUT2D eigenvalue weighted by Gasteiger charge is 2.26. The Bertz CT molecular complexity index is 575. The summed E-state index contributed by atoms with van der Waals surface area (Å²) in [6, 6.07) is 6.08. The number of methoxy groups -OCH3 is 1. The SMILES string of the molecule is COc1ccc(Cl)cc1N1CCC(NC(=O)NC2CCCCC2)C1. The van der Waals surface area contributed by atoms with E-state index >= 15 is 0 Å². The zero-order chi connectivity index (χ0) is 16.9. The van der Waals surface area contributed by atoms with Crippen LogP contribution in [0.2, 0.25) is 5.02 Å². The summed E-state index contributed by atoms with van der Waals surface area (Å²) in [4.78, 5) is 14.4. The highest BCUT2D eigenvalue weighted by molar-refractivity contribution is 6.30. The Hall–Kier alpha value is -1.62. The molecule has 1 atom stereocenters. The second-order valence-electron chi connectivity index (χ2n) is 6.70. The van der Waals surface area contributed by atoms with E-state index < -0.39 is 0 Å². The van der Waals surface area contributed by atoms with Crippen LogP contribution in [0, 0.1) is 0 Å². The Kier molecular flexibility index (Phi) is 5.72. The number of halogens is 1. The maximum Gasteiger partial charge on any atom is 0.315 e. The number of ether oxygens (including phenoxy) is 1. The first-order valence-electron chi connectivity index (χ1n) is 8.81. The van der Waals surface area contributed by atoms with Gasteiger partial charge in [-0.05, 0) is 37.5 Å². The largest absolute Gasteiger partial charge is 0.495 e. The normalized spacial score (nSPS) is 21.6. The lowest BCUT2D eigenvalue weighted by Crippen LogP contribution is -2.47. The summed E-state index contributed by atoms with van der Waals surface area (Å²) < 4.78 is 5.43. The van der Waals surface area contributed by atoms with Crippen LogP contribution in [-0.2, 0) is 0 Å². The molecule has 0 aromatic heterocycles. The fraction of sp³-hybridized carbons (Fsp3) is 0.611. The van der Waals surface area contributed by atoms with Gasteiger partial charge in [0.2, 0.25) is 0 Å². The maximum absolute atomic E-state index is 12.2. The van der Waals surface area contributed by atoms with Crippen molar-refractivity contribution in [3.05, 3.63) is 23.2 Å². The minimum atomic E-state index is -0.0354. The quantitative estimate of drug-likeness (QED) is 0.872. The van der Waals surface area contributed by atoms with E-state index in [2.05, 4.69) is 15.5 Å². The average Bonchev–Trinajstić information content (AvgIpc) is 3.04. The van der Waals surface area contributed by atoms with Gasteiger partial charge in [0.25, 0.3) is 0 Å². The second kappa shape index (κ2) is 7.97. The first-order valence-corrected chi connectivity index (χ1v) is 9.19. The molecule has 1 aliphatic carbocycles. The van der Waals surface area contributed by atoms with Crippen LogP contribution in [0.4, 0.5) is 10.5 Å². The summed E-state index contributed by atoms with van der Waals surface area (Å²) in [7, 11) is 1.66. The zero-order valence-electron chi connectivity index (χ0n) is 14.2. The molecule has 2 N–H and O–H groups in total. The van der Waals surface area contributed by atoms with Gasteiger partial charge in [0.05, 0.1) is 12.8 Å². The fourth-order valence-corrected chi connectivity index (χ4v) is 3.83. The second-order valence-corrected chi connectivity index (χ2v) is 7.14. The molecule has 132 valence electrons. The third-order valence-corrected chi connectivity index (χ3v) is 5.18. The van der Waals surface area contributed by atoms with E-state index in [1.165, 1.54) is 19.3 Å². The summed E-state index contributed by atoms with van der Waals surface area (Å²) >= 11 is 6.12. The Morgan fingerprint density at radius 1 is 1.17 bits per heavy atom. The number of carbonyl (C=O) groups is 1. The third kappa shape index (κ3) is 4.26. The number of hydrogen-bond acceptors (Lipinski definition) is 3. The molecular weight excluding hydrogens is 326 g/mol. The average molecular weight is 352 g/mol. The number of hydrogen-bond donors (Lipinski definition) is 2. The lowest BCUT2D eigenvalue weighted by atomic mass is 9.96. The number of rotatable bonds is 4. The highest BCUT2D eigenvalue weighted by Crippen LogP contribution is 2.33. The van der Waals surface area contributed by atoms with Crippen LogP contribution in [0.25, 0.3) is 0 Å². The molecule has 1 aliphatic heterocycles. The van der Waals surface area contributed by atoms with E-state index in [0.29, 0.717) is 11.1 Å². The molecule has 2 fully saturated rings. The molecule has 1 saturated heterocycles. The van der Waals surface area contributed by atoms with Crippen LogP contribution in [0.1, 0.15) is 38.5 Å². The number of carbonyl (C=O) groups excluding carboxylic acids is 1. The lowest BCUT2D eigenvalue weighted by molar-refractivity contribution is 0.229. The minimum absolute atomic E-state index is 0.0354. The van der Waals surface area contributed by atoms with E-state index in [1.807, 2.05) is 18.2 Å². The van der Waals surface area contributed by atoms with E-state index in [9.17, 15) is 4.79 Å². The molecule has 1 aromatic rings. The summed E-state index contributed by atoms with van der Waals surface area (Å²) in [5, 5.41) is 6.92. The smallest absolute Gasteiger partial charge is 0.315 e.